The van der Waals surface area contributed by atoms with Gasteiger partial charge in [0.2, 0.25) is 0 Å². The number of para-hydroxylation sites is 4. The lowest BCUT2D eigenvalue weighted by molar-refractivity contribution is 0.482. The number of benzene rings is 4. The van der Waals surface area contributed by atoms with Gasteiger partial charge < -0.3 is 9.47 Å². The van der Waals surface area contributed by atoms with Gasteiger partial charge in [-0.05, 0) is 64.5 Å². The minimum Gasteiger partial charge on any atom is -0.457 e. The number of hydrogen-bond donors (Lipinski definition) is 0. The molecule has 0 radical (unpaired) electrons. The van der Waals surface area contributed by atoms with Gasteiger partial charge in [0.05, 0.1) is 0 Å². The molecule has 4 aromatic carbocycles. The molecular weight excluding hydrogens is 428 g/mol. The Morgan fingerprint density at radius 1 is 0.448 bits per heavy atom. The first kappa shape index (κ1) is 21.9. The van der Waals surface area contributed by atoms with Crippen molar-refractivity contribution in [3.63, 3.8) is 0 Å². The molecule has 0 bridgehead atoms. The molecule has 0 aliphatic carbocycles. The molecule has 3 nitrogen and oxygen atoms in total. The molecule has 0 saturated heterocycles. The van der Waals surface area contributed by atoms with E-state index in [1.54, 1.807) is 0 Å². The molecule has 4 aromatic rings. The Morgan fingerprint density at radius 3 is 0.793 bits per heavy atom. The van der Waals surface area contributed by atoms with Crippen molar-refractivity contribution in [1.29, 1.82) is 0 Å². The largest absolute Gasteiger partial charge is 0.457 e. The van der Waals surface area contributed by atoms with Crippen LogP contribution >= 0.6 is 15.9 Å². The summed E-state index contributed by atoms with van der Waals surface area (Å²) in [5.74, 6) is 3.48. The number of halogens is 1. The molecule has 4 rings (SSSR count). The van der Waals surface area contributed by atoms with Gasteiger partial charge in [0.1, 0.15) is 23.0 Å². The van der Waals surface area contributed by atoms with Crippen LogP contribution in [0.2, 0.25) is 0 Å². The van der Waals surface area contributed by atoms with Gasteiger partial charge in [-0.2, -0.15) is 0 Å². The number of rotatable bonds is 4. The van der Waals surface area contributed by atoms with Gasteiger partial charge in [0, 0.05) is 0 Å². The average Bonchev–Trinajstić information content (AvgIpc) is 2.78. The summed E-state index contributed by atoms with van der Waals surface area (Å²) in [6.07, 6.45) is 0. The molecule has 0 N–H and O–H groups in total. The van der Waals surface area contributed by atoms with E-state index in [1.807, 2.05) is 121 Å². The van der Waals surface area contributed by atoms with Gasteiger partial charge in [0.25, 0.3) is 0 Å². The summed E-state index contributed by atoms with van der Waals surface area (Å²) < 4.78 is 11.2. The fourth-order valence-corrected chi connectivity index (χ4v) is 2.23. The van der Waals surface area contributed by atoms with E-state index >= 15 is 0 Å². The molecule has 0 heterocycles. The predicted octanol–water partition coefficient (Wildman–Crippen LogP) is 7.53. The zero-order chi connectivity index (χ0) is 20.6. The fraction of sp³-hybridized carbons (Fsp3) is 0. The molecule has 0 saturated carbocycles. The Hall–Kier alpha value is -3.37. The zero-order valence-corrected chi connectivity index (χ0v) is 17.3. The molecule has 0 atom stereocenters. The minimum absolute atomic E-state index is 0.562. The fourth-order valence-electron chi connectivity index (χ4n) is 2.23. The van der Waals surface area contributed by atoms with Crippen LogP contribution in [0.4, 0.5) is 0 Å². The Bertz CT molecular complexity index is 763. The molecule has 0 spiro atoms. The van der Waals surface area contributed by atoms with Crippen LogP contribution in [-0.4, -0.2) is 5.20 Å². The Morgan fingerprint density at radius 2 is 0.621 bits per heavy atom. The molecule has 0 aromatic heterocycles. The lowest BCUT2D eigenvalue weighted by Crippen LogP contribution is -1.81. The highest BCUT2D eigenvalue weighted by molar-refractivity contribution is 9.17. The van der Waals surface area contributed by atoms with E-state index in [0.29, 0.717) is 5.20 Å². The molecule has 0 unspecified atom stereocenters. The summed E-state index contributed by atoms with van der Waals surface area (Å²) in [5, 5.41) is 0.562. The number of ether oxygens (including phenoxy) is 2. The lowest BCUT2D eigenvalue weighted by atomic mass is 10.3. The first-order valence-corrected chi connectivity index (χ1v) is 9.83. The van der Waals surface area contributed by atoms with Crippen molar-refractivity contribution in [3.8, 4) is 23.0 Å². The van der Waals surface area contributed by atoms with Gasteiger partial charge >= 0.3 is 0 Å². The van der Waals surface area contributed by atoms with E-state index in [0.717, 1.165) is 23.0 Å². The van der Waals surface area contributed by atoms with Crippen molar-refractivity contribution < 1.29 is 14.3 Å². The van der Waals surface area contributed by atoms with Crippen LogP contribution in [0.5, 0.6) is 23.0 Å². The standard InChI is InChI=1S/2C12H10O.CHBrO/c2*1-3-7-11(8-4-1)13-12-9-5-2-6-10-12;2-1-3/h2*1-10H;1H. The van der Waals surface area contributed by atoms with Gasteiger partial charge in [-0.1, -0.05) is 72.8 Å². The third-order valence-corrected chi connectivity index (χ3v) is 3.44. The van der Waals surface area contributed by atoms with Gasteiger partial charge in [-0.15, -0.1) is 0 Å². The topological polar surface area (TPSA) is 35.5 Å². The summed E-state index contributed by atoms with van der Waals surface area (Å²) in [7, 11) is 0. The Labute approximate surface area is 179 Å². The minimum atomic E-state index is 0.562. The summed E-state index contributed by atoms with van der Waals surface area (Å²) in [4.78, 5) is 8.72. The van der Waals surface area contributed by atoms with Crippen LogP contribution < -0.4 is 9.47 Å². The van der Waals surface area contributed by atoms with Crippen molar-refractivity contribution >= 4 is 21.1 Å². The summed E-state index contributed by atoms with van der Waals surface area (Å²) in [5.41, 5.74) is 0. The van der Waals surface area contributed by atoms with E-state index < -0.39 is 0 Å². The van der Waals surface area contributed by atoms with Crippen molar-refractivity contribution in [2.24, 2.45) is 0 Å². The number of hydrogen-bond acceptors (Lipinski definition) is 3. The van der Waals surface area contributed by atoms with Crippen LogP contribution in [0, 0.1) is 0 Å². The van der Waals surface area contributed by atoms with Gasteiger partial charge in [0.15, 0.2) is 5.20 Å². The van der Waals surface area contributed by atoms with Crippen LogP contribution in [0.15, 0.2) is 121 Å². The molecule has 29 heavy (non-hydrogen) atoms. The SMILES string of the molecule is O=CBr.c1ccc(Oc2ccccc2)cc1.c1ccc(Oc2ccccc2)cc1. The Balaban J connectivity index is 0.000000183. The Kier molecular flexibility index (Phi) is 10.4. The maximum atomic E-state index is 8.72. The molecule has 146 valence electrons. The maximum Gasteiger partial charge on any atom is 0.185 e. The molecule has 0 fully saturated rings. The normalized spacial score (nSPS) is 9.00. The average molecular weight is 449 g/mol. The summed E-state index contributed by atoms with van der Waals surface area (Å²) in [6, 6.07) is 39.0. The van der Waals surface area contributed by atoms with Crippen LogP contribution in [0.3, 0.4) is 0 Å². The number of carbonyl (C=O) groups is 1. The highest BCUT2D eigenvalue weighted by Crippen LogP contribution is 2.20. The monoisotopic (exact) mass is 448 g/mol. The molecule has 4 heteroatoms. The second-order valence-corrected chi connectivity index (χ2v) is 5.92. The third kappa shape index (κ3) is 9.40. The van der Waals surface area contributed by atoms with E-state index in [1.165, 1.54) is 0 Å². The summed E-state index contributed by atoms with van der Waals surface area (Å²) >= 11 is 2.47. The van der Waals surface area contributed by atoms with Crippen molar-refractivity contribution in [2.75, 3.05) is 0 Å². The van der Waals surface area contributed by atoms with E-state index in [4.69, 9.17) is 14.3 Å². The van der Waals surface area contributed by atoms with Gasteiger partial charge in [-0.25, -0.2) is 0 Å². The third-order valence-electron chi connectivity index (χ3n) is 3.44. The number of carbonyl (C=O) groups excluding carboxylic acids is 1. The summed E-state index contributed by atoms with van der Waals surface area (Å²) in [6.45, 7) is 0. The second kappa shape index (κ2) is 13.7. The first-order valence-electron chi connectivity index (χ1n) is 8.91. The molecule has 0 amide bonds. The second-order valence-electron chi connectivity index (χ2n) is 5.55. The zero-order valence-electron chi connectivity index (χ0n) is 15.7. The van der Waals surface area contributed by atoms with Gasteiger partial charge in [-0.3, -0.25) is 4.79 Å². The predicted molar refractivity (Wildman–Crippen MR) is 122 cm³/mol. The van der Waals surface area contributed by atoms with Crippen molar-refractivity contribution in [2.45, 2.75) is 0 Å². The quantitative estimate of drug-likeness (QED) is 0.239. The molecule has 0 aliphatic heterocycles. The smallest absolute Gasteiger partial charge is 0.185 e. The highest BCUT2D eigenvalue weighted by atomic mass is 79.9. The molecular formula is C25H21BrO3. The lowest BCUT2D eigenvalue weighted by Gasteiger charge is -2.03. The highest BCUT2D eigenvalue weighted by Gasteiger charge is 1.93. The van der Waals surface area contributed by atoms with Crippen LogP contribution in [-0.2, 0) is 4.79 Å². The van der Waals surface area contributed by atoms with Crippen LogP contribution in [0.25, 0.3) is 0 Å². The van der Waals surface area contributed by atoms with E-state index in [2.05, 4.69) is 15.9 Å². The van der Waals surface area contributed by atoms with Crippen LogP contribution in [0.1, 0.15) is 0 Å². The maximum absolute atomic E-state index is 8.72. The van der Waals surface area contributed by atoms with Crippen molar-refractivity contribution in [1.82, 2.24) is 0 Å². The van der Waals surface area contributed by atoms with E-state index in [9.17, 15) is 0 Å². The molecule has 0 aliphatic rings. The first-order chi connectivity index (χ1) is 14.3. The van der Waals surface area contributed by atoms with E-state index in [-0.39, 0.29) is 0 Å². The van der Waals surface area contributed by atoms with Crippen molar-refractivity contribution in [3.05, 3.63) is 121 Å².